The van der Waals surface area contributed by atoms with Crippen molar-refractivity contribution in [1.82, 2.24) is 19.2 Å². The van der Waals surface area contributed by atoms with Gasteiger partial charge in [0, 0.05) is 37.6 Å². The number of amides is 1. The fraction of sp³-hybridized carbons (Fsp3) is 0.348. The third-order valence-corrected chi connectivity index (χ3v) is 8.61. The van der Waals surface area contributed by atoms with Crippen LogP contribution in [0, 0.1) is 20.8 Å². The molecule has 0 saturated carbocycles. The monoisotopic (exact) mass is 470 g/mol. The van der Waals surface area contributed by atoms with E-state index in [1.54, 1.807) is 17.0 Å². The Bertz CT molecular complexity index is 1250. The number of aromatic nitrogens is 2. The van der Waals surface area contributed by atoms with Crippen LogP contribution in [0.5, 0.6) is 0 Å². The lowest BCUT2D eigenvalue weighted by Gasteiger charge is -2.34. The summed E-state index contributed by atoms with van der Waals surface area (Å²) in [4.78, 5) is 23.6. The molecule has 4 rings (SSSR count). The maximum atomic E-state index is 13.1. The zero-order valence-corrected chi connectivity index (χ0v) is 20.0. The third-order valence-electron chi connectivity index (χ3n) is 5.89. The molecule has 32 heavy (non-hydrogen) atoms. The number of piperazine rings is 1. The van der Waals surface area contributed by atoms with Crippen LogP contribution in [0.3, 0.4) is 0 Å². The van der Waals surface area contributed by atoms with Crippen LogP contribution in [-0.2, 0) is 14.8 Å². The first-order chi connectivity index (χ1) is 15.3. The average Bonchev–Trinajstić information content (AvgIpc) is 2.80. The lowest BCUT2D eigenvalue weighted by molar-refractivity contribution is -0.129. The number of carbonyl (C=O) groups excluding carboxylic acids is 1. The number of benzene rings is 2. The molecule has 3 aromatic rings. The molecule has 1 aliphatic heterocycles. The second-order valence-electron chi connectivity index (χ2n) is 7.88. The Balaban J connectivity index is 1.37. The normalized spacial score (nSPS) is 15.3. The van der Waals surface area contributed by atoms with Gasteiger partial charge in [0.25, 0.3) is 0 Å². The van der Waals surface area contributed by atoms with Gasteiger partial charge in [-0.3, -0.25) is 4.79 Å². The van der Waals surface area contributed by atoms with Crippen molar-refractivity contribution in [3.63, 3.8) is 0 Å². The van der Waals surface area contributed by atoms with E-state index in [-0.39, 0.29) is 29.6 Å². The minimum absolute atomic E-state index is 0.0303. The van der Waals surface area contributed by atoms with Crippen molar-refractivity contribution < 1.29 is 13.2 Å². The van der Waals surface area contributed by atoms with Crippen LogP contribution in [0.4, 0.5) is 0 Å². The van der Waals surface area contributed by atoms with E-state index in [1.165, 1.54) is 16.1 Å². The zero-order valence-electron chi connectivity index (χ0n) is 18.4. The first-order valence-corrected chi connectivity index (χ1v) is 12.9. The van der Waals surface area contributed by atoms with E-state index in [0.29, 0.717) is 18.2 Å². The van der Waals surface area contributed by atoms with E-state index in [9.17, 15) is 13.2 Å². The van der Waals surface area contributed by atoms with E-state index in [4.69, 9.17) is 0 Å². The molecule has 2 heterocycles. The first-order valence-electron chi connectivity index (χ1n) is 10.5. The van der Waals surface area contributed by atoms with E-state index >= 15 is 0 Å². The van der Waals surface area contributed by atoms with Gasteiger partial charge < -0.3 is 4.90 Å². The minimum Gasteiger partial charge on any atom is -0.339 e. The Kier molecular flexibility index (Phi) is 6.50. The Morgan fingerprint density at radius 1 is 0.938 bits per heavy atom. The fourth-order valence-electron chi connectivity index (χ4n) is 3.68. The van der Waals surface area contributed by atoms with E-state index < -0.39 is 10.0 Å². The molecule has 1 aromatic heterocycles. The van der Waals surface area contributed by atoms with Crippen molar-refractivity contribution in [2.24, 2.45) is 0 Å². The molecule has 2 aromatic carbocycles. The van der Waals surface area contributed by atoms with Gasteiger partial charge in [-0.15, -0.1) is 0 Å². The van der Waals surface area contributed by atoms with Gasteiger partial charge in [0.05, 0.1) is 10.6 Å². The summed E-state index contributed by atoms with van der Waals surface area (Å²) >= 11 is 1.32. The molecule has 168 valence electrons. The lowest BCUT2D eigenvalue weighted by Crippen LogP contribution is -2.50. The van der Waals surface area contributed by atoms with Crippen LogP contribution < -0.4 is 0 Å². The number of nitrogens with zero attached hydrogens (tertiary/aromatic N) is 4. The Labute approximate surface area is 192 Å². The van der Waals surface area contributed by atoms with Crippen LogP contribution in [0.25, 0.3) is 10.8 Å². The molecule has 0 radical (unpaired) electrons. The van der Waals surface area contributed by atoms with Gasteiger partial charge in [-0.1, -0.05) is 42.1 Å². The van der Waals surface area contributed by atoms with Gasteiger partial charge in [-0.25, -0.2) is 18.4 Å². The highest BCUT2D eigenvalue weighted by Crippen LogP contribution is 2.23. The second-order valence-corrected chi connectivity index (χ2v) is 10.8. The number of thioether (sulfide) groups is 1. The number of aryl methyl sites for hydroxylation is 2. The van der Waals surface area contributed by atoms with Gasteiger partial charge in [0.1, 0.15) is 0 Å². The molecule has 0 atom stereocenters. The predicted molar refractivity (Wildman–Crippen MR) is 126 cm³/mol. The quantitative estimate of drug-likeness (QED) is 0.421. The lowest BCUT2D eigenvalue weighted by atomic mass is 10.1. The van der Waals surface area contributed by atoms with Crippen LogP contribution in [0.15, 0.2) is 52.5 Å². The fourth-order valence-corrected chi connectivity index (χ4v) is 5.97. The SMILES string of the molecule is Cc1nc(SCC(=O)N2CCN(S(=O)(=O)c3ccc4ccccc4c3)CC2)nc(C)c1C. The number of fused-ring (bicyclic) bond motifs is 1. The van der Waals surface area contributed by atoms with E-state index in [0.717, 1.165) is 27.7 Å². The van der Waals surface area contributed by atoms with Crippen molar-refractivity contribution in [2.45, 2.75) is 30.8 Å². The minimum atomic E-state index is -3.60. The average molecular weight is 471 g/mol. The molecule has 1 amide bonds. The third kappa shape index (κ3) is 4.65. The van der Waals surface area contributed by atoms with Gasteiger partial charge in [0.2, 0.25) is 15.9 Å². The number of sulfonamides is 1. The summed E-state index contributed by atoms with van der Waals surface area (Å²) in [5.74, 6) is 0.205. The summed E-state index contributed by atoms with van der Waals surface area (Å²) in [6, 6.07) is 12.9. The zero-order chi connectivity index (χ0) is 22.9. The maximum absolute atomic E-state index is 13.1. The molecule has 1 fully saturated rings. The number of hydrogen-bond donors (Lipinski definition) is 0. The molecule has 0 N–H and O–H groups in total. The highest BCUT2D eigenvalue weighted by atomic mass is 32.2. The molecule has 9 heteroatoms. The topological polar surface area (TPSA) is 83.5 Å². The van der Waals surface area contributed by atoms with Gasteiger partial charge in [-0.05, 0) is 49.2 Å². The van der Waals surface area contributed by atoms with Crippen LogP contribution in [-0.4, -0.2) is 65.4 Å². The highest BCUT2D eigenvalue weighted by Gasteiger charge is 2.30. The van der Waals surface area contributed by atoms with Gasteiger partial charge in [-0.2, -0.15) is 4.31 Å². The smallest absolute Gasteiger partial charge is 0.243 e. The Morgan fingerprint density at radius 3 is 2.22 bits per heavy atom. The van der Waals surface area contributed by atoms with Crippen molar-refractivity contribution >= 4 is 38.5 Å². The van der Waals surface area contributed by atoms with Crippen molar-refractivity contribution in [3.8, 4) is 0 Å². The van der Waals surface area contributed by atoms with Crippen molar-refractivity contribution in [3.05, 3.63) is 59.4 Å². The largest absolute Gasteiger partial charge is 0.339 e. The highest BCUT2D eigenvalue weighted by molar-refractivity contribution is 7.99. The molecule has 0 aliphatic carbocycles. The molecular formula is C23H26N4O3S2. The van der Waals surface area contributed by atoms with E-state index in [2.05, 4.69) is 9.97 Å². The summed E-state index contributed by atoms with van der Waals surface area (Å²) < 4.78 is 27.7. The molecule has 0 bridgehead atoms. The molecule has 0 unspecified atom stereocenters. The summed E-state index contributed by atoms with van der Waals surface area (Å²) in [7, 11) is -3.60. The molecule has 1 saturated heterocycles. The molecule has 0 spiro atoms. The first kappa shape index (κ1) is 22.7. The van der Waals surface area contributed by atoms with Crippen LogP contribution >= 0.6 is 11.8 Å². The summed E-state index contributed by atoms with van der Waals surface area (Å²) in [5.41, 5.74) is 2.89. The summed E-state index contributed by atoms with van der Waals surface area (Å²) in [6.45, 7) is 7.17. The Morgan fingerprint density at radius 2 is 1.56 bits per heavy atom. The summed E-state index contributed by atoms with van der Waals surface area (Å²) in [6.07, 6.45) is 0. The summed E-state index contributed by atoms with van der Waals surface area (Å²) in [5, 5.41) is 2.49. The maximum Gasteiger partial charge on any atom is 0.243 e. The van der Waals surface area contributed by atoms with Crippen LogP contribution in [0.2, 0.25) is 0 Å². The van der Waals surface area contributed by atoms with E-state index in [1.807, 2.05) is 51.1 Å². The van der Waals surface area contributed by atoms with Gasteiger partial charge in [0.15, 0.2) is 5.16 Å². The van der Waals surface area contributed by atoms with Crippen LogP contribution in [0.1, 0.15) is 17.0 Å². The molecule has 7 nitrogen and oxygen atoms in total. The number of rotatable bonds is 5. The number of hydrogen-bond acceptors (Lipinski definition) is 6. The van der Waals surface area contributed by atoms with Crippen molar-refractivity contribution in [2.75, 3.05) is 31.9 Å². The molecular weight excluding hydrogens is 444 g/mol. The predicted octanol–water partition coefficient (Wildman–Crippen LogP) is 3.18. The van der Waals surface area contributed by atoms with Gasteiger partial charge >= 0.3 is 0 Å². The molecule has 1 aliphatic rings. The Hall–Kier alpha value is -2.49. The standard InChI is InChI=1S/C23H26N4O3S2/c1-16-17(2)24-23(25-18(16)3)31-15-22(28)26-10-12-27(13-11-26)32(29,30)21-9-8-19-6-4-5-7-20(19)14-21/h4-9,14H,10-13,15H2,1-3H3. The second kappa shape index (κ2) is 9.17. The van der Waals surface area contributed by atoms with Crippen molar-refractivity contribution in [1.29, 1.82) is 0 Å². The number of carbonyl (C=O) groups is 1.